The van der Waals surface area contributed by atoms with Crippen LogP contribution in [0.5, 0.6) is 11.5 Å². The highest BCUT2D eigenvalue weighted by Crippen LogP contribution is 2.35. The van der Waals surface area contributed by atoms with E-state index in [1.165, 1.54) is 5.56 Å². The third-order valence-corrected chi connectivity index (χ3v) is 4.33. The number of methoxy groups -OCH3 is 2. The molecule has 0 radical (unpaired) electrons. The van der Waals surface area contributed by atoms with Gasteiger partial charge in [-0.05, 0) is 30.2 Å². The summed E-state index contributed by atoms with van der Waals surface area (Å²) in [7, 11) is 5.10. The maximum atomic E-state index is 12.6. The van der Waals surface area contributed by atoms with Crippen molar-refractivity contribution in [1.82, 2.24) is 9.88 Å². The molecule has 0 aliphatic carbocycles. The second-order valence-corrected chi connectivity index (χ2v) is 5.81. The zero-order valence-electron chi connectivity index (χ0n) is 14.7. The Kier molecular flexibility index (Phi) is 4.93. The van der Waals surface area contributed by atoms with Gasteiger partial charge in [-0.3, -0.25) is 4.79 Å². The number of carbonyl (C=O) groups is 1. The highest BCUT2D eigenvalue weighted by Gasteiger charge is 2.18. The van der Waals surface area contributed by atoms with Gasteiger partial charge in [-0.15, -0.1) is 0 Å². The summed E-state index contributed by atoms with van der Waals surface area (Å²) in [6.07, 6.45) is 0.795. The molecule has 3 aromatic rings. The number of nitrogens with one attached hydrogen (secondary N) is 1. The minimum atomic E-state index is -0.112. The lowest BCUT2D eigenvalue weighted by Crippen LogP contribution is -2.27. The van der Waals surface area contributed by atoms with Crippen LogP contribution < -0.4 is 14.8 Å². The fraction of sp³-hybridized carbons (Fsp3) is 0.250. The van der Waals surface area contributed by atoms with Crippen LogP contribution in [0.1, 0.15) is 16.1 Å². The van der Waals surface area contributed by atoms with Crippen LogP contribution in [0, 0.1) is 0 Å². The first-order chi connectivity index (χ1) is 12.2. The second-order valence-electron chi connectivity index (χ2n) is 5.81. The molecule has 130 valence electrons. The van der Waals surface area contributed by atoms with Gasteiger partial charge in [0.1, 0.15) is 17.2 Å². The molecule has 0 unspecified atom stereocenters. The Morgan fingerprint density at radius 1 is 1.04 bits per heavy atom. The molecule has 0 bridgehead atoms. The van der Waals surface area contributed by atoms with E-state index in [0.717, 1.165) is 23.1 Å². The number of aryl methyl sites for hydroxylation is 1. The van der Waals surface area contributed by atoms with Crippen molar-refractivity contribution >= 4 is 16.8 Å². The van der Waals surface area contributed by atoms with Gasteiger partial charge in [0.05, 0.1) is 19.7 Å². The summed E-state index contributed by atoms with van der Waals surface area (Å²) in [6, 6.07) is 15.6. The number of amides is 1. The highest BCUT2D eigenvalue weighted by atomic mass is 16.5. The second kappa shape index (κ2) is 7.30. The predicted octanol–water partition coefficient (Wildman–Crippen LogP) is 3.17. The zero-order chi connectivity index (χ0) is 17.8. The van der Waals surface area contributed by atoms with Gasteiger partial charge in [-0.25, -0.2) is 0 Å². The first-order valence-electron chi connectivity index (χ1n) is 8.18. The predicted molar refractivity (Wildman–Crippen MR) is 98.5 cm³/mol. The molecule has 5 nitrogen and oxygen atoms in total. The van der Waals surface area contributed by atoms with E-state index in [0.29, 0.717) is 18.0 Å². The Morgan fingerprint density at radius 3 is 2.40 bits per heavy atom. The topological polar surface area (TPSA) is 52.5 Å². The molecule has 0 spiro atoms. The lowest BCUT2D eigenvalue weighted by molar-refractivity contribution is 0.0946. The summed E-state index contributed by atoms with van der Waals surface area (Å²) < 4.78 is 12.7. The molecule has 2 aromatic carbocycles. The van der Waals surface area contributed by atoms with E-state index in [1.807, 2.05) is 48.0 Å². The summed E-state index contributed by atoms with van der Waals surface area (Å²) in [5, 5.41) is 3.84. The van der Waals surface area contributed by atoms with Crippen LogP contribution in [-0.4, -0.2) is 31.2 Å². The molecule has 25 heavy (non-hydrogen) atoms. The molecular formula is C20H22N2O3. The largest absolute Gasteiger partial charge is 0.496 e. The number of rotatable bonds is 6. The van der Waals surface area contributed by atoms with Gasteiger partial charge in [0, 0.05) is 19.0 Å². The molecule has 5 heteroatoms. The average molecular weight is 338 g/mol. The number of carbonyl (C=O) groups excluding carboxylic acids is 1. The first kappa shape index (κ1) is 16.9. The van der Waals surface area contributed by atoms with Gasteiger partial charge in [-0.2, -0.15) is 0 Å². The normalized spacial score (nSPS) is 10.7. The van der Waals surface area contributed by atoms with E-state index in [4.69, 9.17) is 9.47 Å². The Bertz CT molecular complexity index is 885. The molecule has 0 fully saturated rings. The monoisotopic (exact) mass is 338 g/mol. The minimum absolute atomic E-state index is 0.112. The zero-order valence-corrected chi connectivity index (χ0v) is 14.7. The molecule has 3 rings (SSSR count). The summed E-state index contributed by atoms with van der Waals surface area (Å²) in [4.78, 5) is 12.6. The van der Waals surface area contributed by atoms with Crippen molar-refractivity contribution in [3.8, 4) is 11.5 Å². The third-order valence-electron chi connectivity index (χ3n) is 4.33. The fourth-order valence-electron chi connectivity index (χ4n) is 3.03. The van der Waals surface area contributed by atoms with Crippen molar-refractivity contribution in [2.45, 2.75) is 6.42 Å². The summed E-state index contributed by atoms with van der Waals surface area (Å²) in [5.41, 5.74) is 2.61. The van der Waals surface area contributed by atoms with Crippen LogP contribution >= 0.6 is 0 Å². The Labute approximate surface area is 147 Å². The summed E-state index contributed by atoms with van der Waals surface area (Å²) in [5.74, 6) is 1.31. The first-order valence-corrected chi connectivity index (χ1v) is 8.18. The fourth-order valence-corrected chi connectivity index (χ4v) is 3.03. The summed E-state index contributed by atoms with van der Waals surface area (Å²) in [6.45, 7) is 0.582. The molecule has 1 aromatic heterocycles. The number of hydrogen-bond donors (Lipinski definition) is 1. The van der Waals surface area contributed by atoms with Gasteiger partial charge >= 0.3 is 0 Å². The van der Waals surface area contributed by atoms with Crippen LogP contribution in [0.25, 0.3) is 10.9 Å². The van der Waals surface area contributed by atoms with E-state index in [-0.39, 0.29) is 5.91 Å². The maximum Gasteiger partial charge on any atom is 0.267 e. The lowest BCUT2D eigenvalue weighted by Gasteiger charge is -2.09. The van der Waals surface area contributed by atoms with Crippen molar-refractivity contribution in [2.24, 2.45) is 7.05 Å². The van der Waals surface area contributed by atoms with E-state index >= 15 is 0 Å². The van der Waals surface area contributed by atoms with E-state index in [2.05, 4.69) is 17.4 Å². The number of nitrogens with zero attached hydrogens (tertiary/aromatic N) is 1. The quantitative estimate of drug-likeness (QED) is 0.751. The maximum absolute atomic E-state index is 12.6. The van der Waals surface area contributed by atoms with Crippen molar-refractivity contribution < 1.29 is 14.3 Å². The smallest absolute Gasteiger partial charge is 0.267 e. The van der Waals surface area contributed by atoms with E-state index < -0.39 is 0 Å². The number of fused-ring (bicyclic) bond motifs is 1. The highest BCUT2D eigenvalue weighted by molar-refractivity contribution is 6.02. The average Bonchev–Trinajstić information content (AvgIpc) is 3.00. The number of hydrogen-bond acceptors (Lipinski definition) is 3. The van der Waals surface area contributed by atoms with Crippen LogP contribution in [0.3, 0.4) is 0 Å². The summed E-state index contributed by atoms with van der Waals surface area (Å²) >= 11 is 0. The van der Waals surface area contributed by atoms with Crippen molar-refractivity contribution in [1.29, 1.82) is 0 Å². The SMILES string of the molecule is COc1ccc(OC)c2c1cc(C(=O)NCCc1ccccc1)n2C. The van der Waals surface area contributed by atoms with Crippen LogP contribution in [0.4, 0.5) is 0 Å². The molecule has 1 amide bonds. The van der Waals surface area contributed by atoms with Gasteiger partial charge in [0.25, 0.3) is 5.91 Å². The molecule has 0 aliphatic rings. The van der Waals surface area contributed by atoms with Gasteiger partial charge in [-0.1, -0.05) is 30.3 Å². The van der Waals surface area contributed by atoms with Crippen LogP contribution in [0.2, 0.25) is 0 Å². The van der Waals surface area contributed by atoms with Crippen molar-refractivity contribution in [3.63, 3.8) is 0 Å². The Hall–Kier alpha value is -2.95. The number of aromatic nitrogens is 1. The molecule has 0 saturated carbocycles. The van der Waals surface area contributed by atoms with E-state index in [9.17, 15) is 4.79 Å². The third kappa shape index (κ3) is 3.31. The Balaban J connectivity index is 1.83. The van der Waals surface area contributed by atoms with Crippen LogP contribution in [-0.2, 0) is 13.5 Å². The van der Waals surface area contributed by atoms with Gasteiger partial charge in [0.2, 0.25) is 0 Å². The van der Waals surface area contributed by atoms with Crippen LogP contribution in [0.15, 0.2) is 48.5 Å². The molecule has 1 heterocycles. The van der Waals surface area contributed by atoms with Crippen molar-refractivity contribution in [3.05, 3.63) is 59.8 Å². The van der Waals surface area contributed by atoms with Gasteiger partial charge in [0.15, 0.2) is 0 Å². The van der Waals surface area contributed by atoms with Crippen molar-refractivity contribution in [2.75, 3.05) is 20.8 Å². The lowest BCUT2D eigenvalue weighted by atomic mass is 10.1. The van der Waals surface area contributed by atoms with E-state index in [1.54, 1.807) is 14.2 Å². The molecule has 0 aliphatic heterocycles. The molecule has 0 saturated heterocycles. The molecule has 0 atom stereocenters. The standard InChI is InChI=1S/C20H22N2O3/c1-22-16(20(23)21-12-11-14-7-5-4-6-8-14)13-15-17(24-2)9-10-18(25-3)19(15)22/h4-10,13H,11-12H2,1-3H3,(H,21,23). The number of ether oxygens (including phenoxy) is 2. The Morgan fingerprint density at radius 2 is 1.72 bits per heavy atom. The molecule has 1 N–H and O–H groups in total. The number of benzene rings is 2. The minimum Gasteiger partial charge on any atom is -0.496 e. The van der Waals surface area contributed by atoms with Gasteiger partial charge < -0.3 is 19.4 Å². The molecular weight excluding hydrogens is 316 g/mol.